The van der Waals surface area contributed by atoms with Crippen molar-refractivity contribution in [3.63, 3.8) is 0 Å². The molecule has 2 N–H and O–H groups in total. The van der Waals surface area contributed by atoms with E-state index in [0.29, 0.717) is 12.5 Å². The van der Waals surface area contributed by atoms with Crippen molar-refractivity contribution in [3.05, 3.63) is 95.8 Å². The summed E-state index contributed by atoms with van der Waals surface area (Å²) in [6, 6.07) is 19.0. The van der Waals surface area contributed by atoms with Crippen LogP contribution in [0, 0.1) is 5.92 Å². The molecule has 1 aliphatic carbocycles. The van der Waals surface area contributed by atoms with Gasteiger partial charge in [-0.15, -0.1) is 0 Å². The molecule has 1 atom stereocenters. The van der Waals surface area contributed by atoms with E-state index in [1.54, 1.807) is 24.3 Å². The number of hydrogen-bond donors (Lipinski definition) is 2. The van der Waals surface area contributed by atoms with Gasteiger partial charge in [0.1, 0.15) is 11.7 Å². The van der Waals surface area contributed by atoms with Gasteiger partial charge in [0, 0.05) is 18.3 Å². The quantitative estimate of drug-likeness (QED) is 0.413. The summed E-state index contributed by atoms with van der Waals surface area (Å²) in [5.41, 5.74) is 1.27. The zero-order valence-corrected chi connectivity index (χ0v) is 19.5. The van der Waals surface area contributed by atoms with Gasteiger partial charge in [-0.1, -0.05) is 61.4 Å². The first-order valence-electron chi connectivity index (χ1n) is 11.3. The van der Waals surface area contributed by atoms with E-state index >= 15 is 0 Å². The van der Waals surface area contributed by atoms with E-state index < -0.39 is 16.1 Å². The highest BCUT2D eigenvalue weighted by atomic mass is 32.2. The third-order valence-electron chi connectivity index (χ3n) is 5.75. The van der Waals surface area contributed by atoms with Crippen LogP contribution >= 0.6 is 0 Å². The Morgan fingerprint density at radius 1 is 0.971 bits per heavy atom. The van der Waals surface area contributed by atoms with Crippen LogP contribution in [0.2, 0.25) is 0 Å². The number of benzene rings is 2. The van der Waals surface area contributed by atoms with Crippen LogP contribution in [0.25, 0.3) is 0 Å². The number of carbonyl (C=O) groups is 2. The molecule has 1 aromatic heterocycles. The minimum Gasteiger partial charge on any atom is -0.355 e. The summed E-state index contributed by atoms with van der Waals surface area (Å²) in [6.45, 7) is 0.518. The summed E-state index contributed by atoms with van der Waals surface area (Å²) >= 11 is 0. The molecule has 0 saturated heterocycles. The van der Waals surface area contributed by atoms with Gasteiger partial charge in [0.15, 0.2) is 0 Å². The molecule has 0 spiro atoms. The lowest BCUT2D eigenvalue weighted by Gasteiger charge is -2.19. The van der Waals surface area contributed by atoms with E-state index in [1.165, 1.54) is 37.2 Å². The Bertz CT molecular complexity index is 1240. The monoisotopic (exact) mass is 477 g/mol. The van der Waals surface area contributed by atoms with Gasteiger partial charge in [0.2, 0.25) is 21.7 Å². The number of nitrogens with zero attached hydrogens (tertiary/aromatic N) is 1. The third kappa shape index (κ3) is 6.36. The minimum absolute atomic E-state index is 0.0851. The first-order valence-corrected chi connectivity index (χ1v) is 12.8. The van der Waals surface area contributed by atoms with Crippen molar-refractivity contribution >= 4 is 21.7 Å². The Balaban J connectivity index is 1.53. The molecule has 176 valence electrons. The van der Waals surface area contributed by atoms with Crippen molar-refractivity contribution in [3.8, 4) is 0 Å². The highest BCUT2D eigenvalue weighted by Crippen LogP contribution is 2.31. The molecular weight excluding hydrogens is 450 g/mol. The van der Waals surface area contributed by atoms with E-state index in [2.05, 4.69) is 15.0 Å². The number of carbonyl (C=O) groups excluding carboxylic acids is 2. The van der Waals surface area contributed by atoms with Crippen molar-refractivity contribution in [1.82, 2.24) is 15.0 Å². The number of nitrogens with one attached hydrogen (secondary N) is 2. The smallest absolute Gasteiger partial charge is 0.241 e. The number of rotatable bonds is 11. The predicted molar refractivity (Wildman–Crippen MR) is 129 cm³/mol. The highest BCUT2D eigenvalue weighted by molar-refractivity contribution is 7.89. The van der Waals surface area contributed by atoms with Gasteiger partial charge < -0.3 is 5.32 Å². The summed E-state index contributed by atoms with van der Waals surface area (Å²) in [5.74, 6) is -0.0888. The van der Waals surface area contributed by atoms with Gasteiger partial charge >= 0.3 is 0 Å². The first kappa shape index (κ1) is 23.8. The third-order valence-corrected chi connectivity index (χ3v) is 7.22. The van der Waals surface area contributed by atoms with Crippen LogP contribution < -0.4 is 10.0 Å². The second-order valence-corrected chi connectivity index (χ2v) is 10.2. The normalized spacial score (nSPS) is 14.4. The zero-order valence-electron chi connectivity index (χ0n) is 18.7. The molecule has 1 amide bonds. The lowest BCUT2D eigenvalue weighted by atomic mass is 10.1. The number of pyridine rings is 1. The summed E-state index contributed by atoms with van der Waals surface area (Å²) in [6.07, 6.45) is 4.98. The Hall–Kier alpha value is -3.36. The fraction of sp³-hybridized carbons (Fsp3) is 0.269. The second-order valence-electron chi connectivity index (χ2n) is 8.46. The summed E-state index contributed by atoms with van der Waals surface area (Å²) in [5, 5.41) is 2.87. The topological polar surface area (TPSA) is 105 Å². The van der Waals surface area contributed by atoms with E-state index in [-0.39, 0.29) is 34.3 Å². The standard InChI is InChI=1S/C26H27N3O4S/c30-25(23-11-4-5-15-27-23)21-9-6-10-22(18-21)34(32,33)29-24(17-20-7-2-1-3-8-20)26(31)28-16-14-19-12-13-19/h1-11,15,18-19,24,29H,12-14,16-17H2,(H,28,31)/t24-/m0/s1. The van der Waals surface area contributed by atoms with Crippen LogP contribution in [-0.2, 0) is 21.2 Å². The van der Waals surface area contributed by atoms with Crippen LogP contribution in [0.1, 0.15) is 40.9 Å². The predicted octanol–water partition coefficient (Wildman–Crippen LogP) is 3.12. The van der Waals surface area contributed by atoms with Crippen molar-refractivity contribution in [2.75, 3.05) is 6.54 Å². The lowest BCUT2D eigenvalue weighted by Crippen LogP contribution is -2.48. The summed E-state index contributed by atoms with van der Waals surface area (Å²) in [7, 11) is -4.08. The molecule has 0 unspecified atom stereocenters. The lowest BCUT2D eigenvalue weighted by molar-refractivity contribution is -0.122. The largest absolute Gasteiger partial charge is 0.355 e. The Morgan fingerprint density at radius 3 is 2.44 bits per heavy atom. The van der Waals surface area contributed by atoms with E-state index in [4.69, 9.17) is 0 Å². The fourth-order valence-corrected chi connectivity index (χ4v) is 4.91. The molecule has 0 aliphatic heterocycles. The Morgan fingerprint density at radius 2 is 1.74 bits per heavy atom. The van der Waals surface area contributed by atoms with Crippen LogP contribution in [-0.4, -0.2) is 37.7 Å². The van der Waals surface area contributed by atoms with Gasteiger partial charge in [0.25, 0.3) is 0 Å². The molecule has 0 radical (unpaired) electrons. The maximum Gasteiger partial charge on any atom is 0.241 e. The minimum atomic E-state index is -4.08. The molecule has 0 bridgehead atoms. The van der Waals surface area contributed by atoms with Gasteiger partial charge in [0.05, 0.1) is 4.90 Å². The molecule has 7 nitrogen and oxygen atoms in total. The van der Waals surface area contributed by atoms with Gasteiger partial charge in [-0.2, -0.15) is 4.72 Å². The van der Waals surface area contributed by atoms with Crippen molar-refractivity contribution in [2.45, 2.75) is 36.6 Å². The van der Waals surface area contributed by atoms with E-state index in [0.717, 1.165) is 12.0 Å². The fourth-order valence-electron chi connectivity index (χ4n) is 3.67. The number of ketones is 1. The van der Waals surface area contributed by atoms with Gasteiger partial charge in [-0.3, -0.25) is 14.6 Å². The molecule has 4 rings (SSSR count). The Labute approximate surface area is 199 Å². The molecule has 3 aromatic rings. The molecule has 2 aromatic carbocycles. The molecule has 8 heteroatoms. The number of hydrogen-bond acceptors (Lipinski definition) is 5. The average molecular weight is 478 g/mol. The van der Waals surface area contributed by atoms with E-state index in [9.17, 15) is 18.0 Å². The molecule has 1 saturated carbocycles. The van der Waals surface area contributed by atoms with Crippen molar-refractivity contribution in [2.24, 2.45) is 5.92 Å². The number of aromatic nitrogens is 1. The van der Waals surface area contributed by atoms with Crippen molar-refractivity contribution < 1.29 is 18.0 Å². The van der Waals surface area contributed by atoms with Crippen LogP contribution in [0.4, 0.5) is 0 Å². The number of amides is 1. The Kier molecular flexibility index (Phi) is 7.49. The number of sulfonamides is 1. The van der Waals surface area contributed by atoms with Crippen LogP contribution in [0.15, 0.2) is 83.9 Å². The second kappa shape index (κ2) is 10.7. The van der Waals surface area contributed by atoms with Crippen LogP contribution in [0.3, 0.4) is 0 Å². The molecule has 34 heavy (non-hydrogen) atoms. The SMILES string of the molecule is O=C(c1cccc(S(=O)(=O)N[C@@H](Cc2ccccc2)C(=O)NCCC2CC2)c1)c1ccccn1. The molecule has 1 aliphatic rings. The van der Waals surface area contributed by atoms with Crippen molar-refractivity contribution in [1.29, 1.82) is 0 Å². The average Bonchev–Trinajstić information content (AvgIpc) is 3.69. The summed E-state index contributed by atoms with van der Waals surface area (Å²) in [4.78, 5) is 29.6. The maximum absolute atomic E-state index is 13.2. The van der Waals surface area contributed by atoms with E-state index in [1.807, 2.05) is 30.3 Å². The molecule has 1 fully saturated rings. The zero-order chi connectivity index (χ0) is 24.0. The summed E-state index contributed by atoms with van der Waals surface area (Å²) < 4.78 is 29.0. The maximum atomic E-state index is 13.2. The molecular formula is C26H27N3O4S. The van der Waals surface area contributed by atoms with Crippen LogP contribution in [0.5, 0.6) is 0 Å². The molecule has 1 heterocycles. The van der Waals surface area contributed by atoms with Gasteiger partial charge in [-0.05, 0) is 48.6 Å². The first-order chi connectivity index (χ1) is 16.4. The highest BCUT2D eigenvalue weighted by Gasteiger charge is 2.27. The van der Waals surface area contributed by atoms with Gasteiger partial charge in [-0.25, -0.2) is 8.42 Å².